The van der Waals surface area contributed by atoms with Gasteiger partial charge in [-0.15, -0.1) is 0 Å². The summed E-state index contributed by atoms with van der Waals surface area (Å²) in [7, 11) is 0. The Balaban J connectivity index is 4.49. The zero-order valence-corrected chi connectivity index (χ0v) is 10.4. The lowest BCUT2D eigenvalue weighted by Gasteiger charge is -2.05. The van der Waals surface area contributed by atoms with E-state index in [0.29, 0.717) is 0 Å². The summed E-state index contributed by atoms with van der Waals surface area (Å²) >= 11 is 0. The van der Waals surface area contributed by atoms with Crippen molar-refractivity contribution < 1.29 is 4.74 Å². The van der Waals surface area contributed by atoms with Crippen LogP contribution in [0.15, 0.2) is 48.0 Å². The van der Waals surface area contributed by atoms with Gasteiger partial charge in [-0.25, -0.2) is 0 Å². The van der Waals surface area contributed by atoms with Crippen molar-refractivity contribution in [2.75, 3.05) is 0 Å². The highest BCUT2D eigenvalue weighted by Gasteiger charge is 1.96. The molecule has 0 saturated heterocycles. The molecule has 1 heteroatoms. The zero-order chi connectivity index (χ0) is 11.8. The first-order valence-corrected chi connectivity index (χ1v) is 5.38. The van der Waals surface area contributed by atoms with Crippen molar-refractivity contribution in [1.29, 1.82) is 0 Å². The molecular weight excluding hydrogens is 184 g/mol. The van der Waals surface area contributed by atoms with Crippen molar-refractivity contribution in [3.63, 3.8) is 0 Å². The molecule has 0 heterocycles. The molecule has 0 N–H and O–H groups in total. The minimum absolute atomic E-state index is 0.942. The van der Waals surface area contributed by atoms with Gasteiger partial charge in [0.25, 0.3) is 0 Å². The lowest BCUT2D eigenvalue weighted by atomic mass is 10.1. The summed E-state index contributed by atoms with van der Waals surface area (Å²) in [5.74, 6) is 0. The molecule has 1 nitrogen and oxygen atoms in total. The van der Waals surface area contributed by atoms with Gasteiger partial charge in [-0.2, -0.15) is 0 Å². The summed E-state index contributed by atoms with van der Waals surface area (Å²) in [6.07, 6.45) is 5.41. The third kappa shape index (κ3) is 5.26. The summed E-state index contributed by atoms with van der Waals surface area (Å²) in [5, 5.41) is 0. The molecule has 0 amide bonds. The second-order valence-electron chi connectivity index (χ2n) is 3.69. The maximum Gasteiger partial charge on any atom is 0.0935 e. The van der Waals surface area contributed by atoms with Crippen LogP contribution in [-0.4, -0.2) is 0 Å². The van der Waals surface area contributed by atoms with Gasteiger partial charge in [0.05, 0.1) is 12.5 Å². The third-order valence-electron chi connectivity index (χ3n) is 2.28. The Morgan fingerprint density at radius 3 is 1.47 bits per heavy atom. The van der Waals surface area contributed by atoms with Gasteiger partial charge in [0, 0.05) is 0 Å². The van der Waals surface area contributed by atoms with E-state index in [4.69, 9.17) is 4.74 Å². The molecule has 15 heavy (non-hydrogen) atoms. The summed E-state index contributed by atoms with van der Waals surface area (Å²) in [6, 6.07) is 0. The van der Waals surface area contributed by atoms with E-state index < -0.39 is 0 Å². The smallest absolute Gasteiger partial charge is 0.0935 e. The highest BCUT2D eigenvalue weighted by molar-refractivity contribution is 5.26. The van der Waals surface area contributed by atoms with Crippen LogP contribution in [0.4, 0.5) is 0 Å². The van der Waals surface area contributed by atoms with E-state index in [0.717, 1.165) is 35.1 Å². The standard InChI is InChI=1S/C14H22O/c1-7-13(11(3)4)9-15-10-14(8-2)12(5)6/h9-10H,3,5,7-8H2,1-2,4,6H3. The molecule has 0 rings (SSSR count). The predicted molar refractivity (Wildman–Crippen MR) is 67.5 cm³/mol. The second-order valence-corrected chi connectivity index (χ2v) is 3.69. The van der Waals surface area contributed by atoms with E-state index in [1.807, 2.05) is 13.8 Å². The maximum atomic E-state index is 5.42. The third-order valence-corrected chi connectivity index (χ3v) is 2.28. The Morgan fingerprint density at radius 1 is 0.933 bits per heavy atom. The van der Waals surface area contributed by atoms with Crippen LogP contribution < -0.4 is 0 Å². The average molecular weight is 206 g/mol. The number of hydrogen-bond donors (Lipinski definition) is 0. The average Bonchev–Trinajstić information content (AvgIpc) is 2.17. The zero-order valence-electron chi connectivity index (χ0n) is 10.4. The van der Waals surface area contributed by atoms with Gasteiger partial charge in [-0.1, -0.05) is 38.2 Å². The second kappa shape index (κ2) is 7.10. The van der Waals surface area contributed by atoms with E-state index in [-0.39, 0.29) is 0 Å². The highest BCUT2D eigenvalue weighted by Crippen LogP contribution is 2.14. The molecule has 0 spiro atoms. The normalized spacial score (nSPS) is 12.5. The van der Waals surface area contributed by atoms with E-state index in [2.05, 4.69) is 27.0 Å². The largest absolute Gasteiger partial charge is 0.472 e. The molecule has 0 aromatic rings. The quantitative estimate of drug-likeness (QED) is 0.450. The van der Waals surface area contributed by atoms with Crippen molar-refractivity contribution in [2.45, 2.75) is 40.5 Å². The molecule has 0 radical (unpaired) electrons. The SMILES string of the molecule is C=C(C)C(=COC=C(CC)C(=C)C)CC. The Bertz CT molecular complexity index is 262. The first kappa shape index (κ1) is 13.8. The van der Waals surface area contributed by atoms with Gasteiger partial charge in [0.1, 0.15) is 0 Å². The van der Waals surface area contributed by atoms with Crippen LogP contribution in [0, 0.1) is 0 Å². The fourth-order valence-electron chi connectivity index (χ4n) is 1.17. The fourth-order valence-corrected chi connectivity index (χ4v) is 1.17. The van der Waals surface area contributed by atoms with Crippen molar-refractivity contribution >= 4 is 0 Å². The summed E-state index contributed by atoms with van der Waals surface area (Å²) in [5.41, 5.74) is 4.39. The first-order chi connectivity index (χ1) is 7.02. The Labute approximate surface area is 93.8 Å². The molecule has 0 fully saturated rings. The lowest BCUT2D eigenvalue weighted by molar-refractivity contribution is 0.392. The predicted octanol–water partition coefficient (Wildman–Crippen LogP) is 4.74. The van der Waals surface area contributed by atoms with Gasteiger partial charge in [-0.3, -0.25) is 0 Å². The molecular formula is C14H22O. The molecule has 0 unspecified atom stereocenters. The van der Waals surface area contributed by atoms with Gasteiger partial charge in [0.2, 0.25) is 0 Å². The molecule has 0 aliphatic carbocycles. The van der Waals surface area contributed by atoms with Crippen molar-refractivity contribution in [3.05, 3.63) is 48.0 Å². The number of allylic oxidation sites excluding steroid dienone is 4. The van der Waals surface area contributed by atoms with E-state index in [1.54, 1.807) is 12.5 Å². The first-order valence-electron chi connectivity index (χ1n) is 5.38. The Kier molecular flexibility index (Phi) is 6.52. The molecule has 0 bridgehead atoms. The van der Waals surface area contributed by atoms with E-state index in [9.17, 15) is 0 Å². The molecule has 84 valence electrons. The minimum atomic E-state index is 0.942. The molecule has 0 aromatic carbocycles. The van der Waals surface area contributed by atoms with Crippen LogP contribution in [0.3, 0.4) is 0 Å². The molecule has 0 aliphatic heterocycles. The molecule has 0 saturated carbocycles. The minimum Gasteiger partial charge on any atom is -0.472 e. The van der Waals surface area contributed by atoms with Crippen molar-refractivity contribution in [1.82, 2.24) is 0 Å². The summed E-state index contributed by atoms with van der Waals surface area (Å²) in [4.78, 5) is 0. The summed E-state index contributed by atoms with van der Waals surface area (Å²) in [6.45, 7) is 15.9. The number of ether oxygens (including phenoxy) is 1. The summed E-state index contributed by atoms with van der Waals surface area (Å²) < 4.78 is 5.42. The van der Waals surface area contributed by atoms with Gasteiger partial charge in [-0.05, 0) is 37.8 Å². The maximum absolute atomic E-state index is 5.42. The lowest BCUT2D eigenvalue weighted by Crippen LogP contribution is -1.86. The highest BCUT2D eigenvalue weighted by atomic mass is 16.5. The molecule has 0 aromatic heterocycles. The fraction of sp³-hybridized carbons (Fsp3) is 0.429. The van der Waals surface area contributed by atoms with Crippen molar-refractivity contribution in [3.8, 4) is 0 Å². The monoisotopic (exact) mass is 206 g/mol. The van der Waals surface area contributed by atoms with Crippen LogP contribution in [0.2, 0.25) is 0 Å². The van der Waals surface area contributed by atoms with Crippen molar-refractivity contribution in [2.24, 2.45) is 0 Å². The Morgan fingerprint density at radius 2 is 1.27 bits per heavy atom. The van der Waals surface area contributed by atoms with Crippen LogP contribution in [0.5, 0.6) is 0 Å². The Hall–Kier alpha value is -1.24. The van der Waals surface area contributed by atoms with Crippen LogP contribution in [-0.2, 0) is 4.74 Å². The van der Waals surface area contributed by atoms with Gasteiger partial charge >= 0.3 is 0 Å². The molecule has 0 aliphatic rings. The van der Waals surface area contributed by atoms with Crippen LogP contribution in [0.25, 0.3) is 0 Å². The topological polar surface area (TPSA) is 9.23 Å². The van der Waals surface area contributed by atoms with Crippen LogP contribution >= 0.6 is 0 Å². The number of hydrogen-bond acceptors (Lipinski definition) is 1. The van der Waals surface area contributed by atoms with E-state index >= 15 is 0 Å². The number of rotatable bonds is 6. The van der Waals surface area contributed by atoms with E-state index in [1.165, 1.54) is 0 Å². The van der Waals surface area contributed by atoms with Gasteiger partial charge < -0.3 is 4.74 Å². The molecule has 0 atom stereocenters. The van der Waals surface area contributed by atoms with Crippen LogP contribution in [0.1, 0.15) is 40.5 Å². The van der Waals surface area contributed by atoms with Gasteiger partial charge in [0.15, 0.2) is 0 Å².